The first kappa shape index (κ1) is 17.7. The maximum atomic E-state index is 12.8. The number of nitrogens with zero attached hydrogens (tertiary/aromatic N) is 1. The van der Waals surface area contributed by atoms with Crippen molar-refractivity contribution in [2.24, 2.45) is 5.92 Å². The van der Waals surface area contributed by atoms with Crippen molar-refractivity contribution in [1.82, 2.24) is 5.32 Å². The van der Waals surface area contributed by atoms with Gasteiger partial charge in [-0.05, 0) is 42.2 Å². The Morgan fingerprint density at radius 1 is 1.11 bits per heavy atom. The Kier molecular flexibility index (Phi) is 4.48. The van der Waals surface area contributed by atoms with Crippen molar-refractivity contribution in [3.63, 3.8) is 0 Å². The Morgan fingerprint density at radius 3 is 2.70 bits per heavy atom. The summed E-state index contributed by atoms with van der Waals surface area (Å²) in [6, 6.07) is 13.2. The molecule has 140 valence electrons. The molecule has 0 radical (unpaired) electrons. The van der Waals surface area contributed by atoms with Crippen LogP contribution in [-0.4, -0.2) is 29.6 Å². The maximum Gasteiger partial charge on any atom is 0.227 e. The van der Waals surface area contributed by atoms with E-state index in [4.69, 9.17) is 0 Å². The molecule has 5 nitrogen and oxygen atoms in total. The molecule has 1 saturated heterocycles. The van der Waals surface area contributed by atoms with E-state index in [0.717, 1.165) is 27.9 Å². The zero-order valence-corrected chi connectivity index (χ0v) is 15.6. The van der Waals surface area contributed by atoms with E-state index < -0.39 is 18.1 Å². The van der Waals surface area contributed by atoms with Gasteiger partial charge >= 0.3 is 0 Å². The molecule has 0 saturated carbocycles. The number of carbonyl (C=O) groups is 2. The number of hydrogen-bond donors (Lipinski definition) is 2. The van der Waals surface area contributed by atoms with Crippen molar-refractivity contribution >= 4 is 17.5 Å². The Hall–Kier alpha value is -2.66. The lowest BCUT2D eigenvalue weighted by atomic mass is 10.0. The van der Waals surface area contributed by atoms with E-state index in [-0.39, 0.29) is 18.2 Å². The first-order valence-electron chi connectivity index (χ1n) is 9.38. The van der Waals surface area contributed by atoms with Crippen molar-refractivity contribution in [2.75, 3.05) is 11.4 Å². The van der Waals surface area contributed by atoms with E-state index in [9.17, 15) is 14.7 Å². The monoisotopic (exact) mass is 364 g/mol. The summed E-state index contributed by atoms with van der Waals surface area (Å²) in [5, 5.41) is 13.3. The van der Waals surface area contributed by atoms with Gasteiger partial charge in [0.25, 0.3) is 0 Å². The summed E-state index contributed by atoms with van der Waals surface area (Å²) in [5.41, 5.74) is 5.09. The number of aliphatic hydroxyl groups excluding tert-OH is 1. The van der Waals surface area contributed by atoms with Gasteiger partial charge < -0.3 is 15.3 Å². The van der Waals surface area contributed by atoms with Crippen LogP contribution < -0.4 is 10.2 Å². The molecule has 3 atom stereocenters. The smallest absolute Gasteiger partial charge is 0.227 e. The van der Waals surface area contributed by atoms with Crippen molar-refractivity contribution in [3.05, 3.63) is 64.7 Å². The molecule has 2 aromatic carbocycles. The lowest BCUT2D eigenvalue weighted by Crippen LogP contribution is -2.38. The second-order valence-electron chi connectivity index (χ2n) is 7.58. The average molecular weight is 364 g/mol. The molecule has 2 N–H and O–H groups in total. The Balaban J connectivity index is 1.49. The molecule has 4 rings (SSSR count). The predicted molar refractivity (Wildman–Crippen MR) is 103 cm³/mol. The maximum absolute atomic E-state index is 12.8. The van der Waals surface area contributed by atoms with Crippen LogP contribution in [0.5, 0.6) is 0 Å². The van der Waals surface area contributed by atoms with E-state index in [2.05, 4.69) is 5.32 Å². The second-order valence-corrected chi connectivity index (χ2v) is 7.58. The summed E-state index contributed by atoms with van der Waals surface area (Å²) < 4.78 is 0. The third kappa shape index (κ3) is 3.12. The van der Waals surface area contributed by atoms with E-state index in [0.29, 0.717) is 13.0 Å². The van der Waals surface area contributed by atoms with Crippen molar-refractivity contribution in [2.45, 2.75) is 38.8 Å². The van der Waals surface area contributed by atoms with Crippen molar-refractivity contribution in [1.29, 1.82) is 0 Å². The first-order chi connectivity index (χ1) is 13.0. The van der Waals surface area contributed by atoms with Crippen LogP contribution in [0.3, 0.4) is 0 Å². The number of carbonyl (C=O) groups excluding carboxylic acids is 2. The fraction of sp³-hybridized carbons (Fsp3) is 0.364. The number of benzene rings is 2. The van der Waals surface area contributed by atoms with Crippen LogP contribution in [0.25, 0.3) is 0 Å². The topological polar surface area (TPSA) is 69.6 Å². The van der Waals surface area contributed by atoms with Crippen molar-refractivity contribution in [3.8, 4) is 0 Å². The summed E-state index contributed by atoms with van der Waals surface area (Å²) in [6.45, 7) is 4.39. The Bertz CT molecular complexity index is 908. The molecule has 3 unspecified atom stereocenters. The van der Waals surface area contributed by atoms with E-state index in [1.54, 1.807) is 4.90 Å². The molecule has 2 amide bonds. The van der Waals surface area contributed by atoms with Gasteiger partial charge in [0, 0.05) is 25.1 Å². The van der Waals surface area contributed by atoms with Crippen LogP contribution in [0.4, 0.5) is 5.69 Å². The summed E-state index contributed by atoms with van der Waals surface area (Å²) in [6.07, 6.45) is 0.113. The number of anilines is 1. The fourth-order valence-corrected chi connectivity index (χ4v) is 4.16. The lowest BCUT2D eigenvalue weighted by molar-refractivity contribution is -0.127. The first-order valence-corrected chi connectivity index (χ1v) is 9.38. The second kappa shape index (κ2) is 6.82. The molecule has 5 heteroatoms. The normalized spacial score (nSPS) is 24.2. The van der Waals surface area contributed by atoms with E-state index >= 15 is 0 Å². The highest BCUT2D eigenvalue weighted by atomic mass is 16.3. The SMILES string of the molecule is Cc1cccc(N2CC(C(=O)NC3c4ccccc4CC3O)CC2=O)c1C. The summed E-state index contributed by atoms with van der Waals surface area (Å²) >= 11 is 0. The quantitative estimate of drug-likeness (QED) is 0.879. The Morgan fingerprint density at radius 2 is 1.89 bits per heavy atom. The lowest BCUT2D eigenvalue weighted by Gasteiger charge is -2.22. The molecular formula is C22H24N2O3. The zero-order chi connectivity index (χ0) is 19.1. The molecule has 0 spiro atoms. The minimum atomic E-state index is -0.626. The van der Waals surface area contributed by atoms with Gasteiger partial charge in [0.05, 0.1) is 18.1 Å². The molecule has 1 fully saturated rings. The molecular weight excluding hydrogens is 340 g/mol. The summed E-state index contributed by atoms with van der Waals surface area (Å²) in [4.78, 5) is 27.1. The van der Waals surface area contributed by atoms with Gasteiger partial charge in [0.15, 0.2) is 0 Å². The van der Waals surface area contributed by atoms with Crippen LogP contribution in [0.2, 0.25) is 0 Å². The number of aryl methyl sites for hydroxylation is 1. The number of aliphatic hydroxyl groups is 1. The number of rotatable bonds is 3. The largest absolute Gasteiger partial charge is 0.390 e. The minimum absolute atomic E-state index is 0.0313. The van der Waals surface area contributed by atoms with Gasteiger partial charge in [-0.25, -0.2) is 0 Å². The van der Waals surface area contributed by atoms with Gasteiger partial charge in [-0.1, -0.05) is 36.4 Å². The van der Waals surface area contributed by atoms with Gasteiger partial charge in [0.1, 0.15) is 0 Å². The molecule has 2 aliphatic rings. The molecule has 0 aromatic heterocycles. The van der Waals surface area contributed by atoms with Gasteiger partial charge in [-0.3, -0.25) is 9.59 Å². The highest BCUT2D eigenvalue weighted by molar-refractivity contribution is 6.01. The van der Waals surface area contributed by atoms with Gasteiger partial charge in [-0.2, -0.15) is 0 Å². The summed E-state index contributed by atoms with van der Waals surface area (Å²) in [5.74, 6) is -0.606. The molecule has 2 aromatic rings. The summed E-state index contributed by atoms with van der Waals surface area (Å²) in [7, 11) is 0. The molecule has 27 heavy (non-hydrogen) atoms. The third-order valence-electron chi connectivity index (χ3n) is 5.86. The van der Waals surface area contributed by atoms with Crippen LogP contribution in [0, 0.1) is 19.8 Å². The standard InChI is InChI=1S/C22H24N2O3/c1-13-6-5-9-18(14(13)2)24-12-16(11-20(24)26)22(27)23-21-17-8-4-3-7-15(17)10-19(21)25/h3-9,16,19,21,25H,10-12H2,1-2H3,(H,23,27). The average Bonchev–Trinajstić information content (AvgIpc) is 3.18. The number of nitrogens with one attached hydrogen (secondary N) is 1. The van der Waals surface area contributed by atoms with Crippen LogP contribution in [-0.2, 0) is 16.0 Å². The molecule has 1 aliphatic carbocycles. The minimum Gasteiger partial charge on any atom is -0.390 e. The van der Waals surface area contributed by atoms with Crippen LogP contribution >= 0.6 is 0 Å². The van der Waals surface area contributed by atoms with Gasteiger partial charge in [0.2, 0.25) is 11.8 Å². The van der Waals surface area contributed by atoms with Crippen molar-refractivity contribution < 1.29 is 14.7 Å². The highest BCUT2D eigenvalue weighted by Gasteiger charge is 2.39. The molecule has 1 aliphatic heterocycles. The number of hydrogen-bond acceptors (Lipinski definition) is 3. The van der Waals surface area contributed by atoms with E-state index in [1.807, 2.05) is 56.3 Å². The van der Waals surface area contributed by atoms with E-state index in [1.165, 1.54) is 0 Å². The Labute approximate surface area is 159 Å². The zero-order valence-electron chi connectivity index (χ0n) is 15.6. The third-order valence-corrected chi connectivity index (χ3v) is 5.86. The van der Waals surface area contributed by atoms with Gasteiger partial charge in [-0.15, -0.1) is 0 Å². The molecule has 0 bridgehead atoms. The van der Waals surface area contributed by atoms with Crippen LogP contribution in [0.1, 0.15) is 34.7 Å². The highest BCUT2D eigenvalue weighted by Crippen LogP contribution is 2.33. The van der Waals surface area contributed by atoms with Crippen LogP contribution in [0.15, 0.2) is 42.5 Å². The fourth-order valence-electron chi connectivity index (χ4n) is 4.16. The number of fused-ring (bicyclic) bond motifs is 1. The predicted octanol–water partition coefficient (Wildman–Crippen LogP) is 2.43. The number of amides is 2. The molecule has 1 heterocycles.